The number of ether oxygens (including phenoxy) is 3. The number of halogens is 1. The Morgan fingerprint density at radius 3 is 2.54 bits per heavy atom. The number of benzene rings is 4. The average molecular weight is 929 g/mol. The minimum atomic E-state index is -0.454. The number of aromatic amines is 1. The molecule has 4 aromatic carbocycles. The van der Waals surface area contributed by atoms with Crippen molar-refractivity contribution in [3.63, 3.8) is 0 Å². The summed E-state index contributed by atoms with van der Waals surface area (Å²) in [4.78, 5) is 40.8. The average Bonchev–Trinajstić information content (AvgIpc) is 3.80. The Hall–Kier alpha value is -6.36. The lowest BCUT2D eigenvalue weighted by Gasteiger charge is -2.58. The van der Waals surface area contributed by atoms with Crippen LogP contribution >= 0.6 is 11.9 Å². The zero-order chi connectivity index (χ0) is 46.8. The molecule has 1 atom stereocenters. The number of nitro benzene ring substituents is 1. The van der Waals surface area contributed by atoms with Gasteiger partial charge in [0.15, 0.2) is 17.3 Å². The van der Waals surface area contributed by atoms with Gasteiger partial charge in [-0.15, -0.1) is 0 Å². The molecule has 9 rings (SSSR count). The molecule has 350 valence electrons. The van der Waals surface area contributed by atoms with Crippen LogP contribution in [0.25, 0.3) is 11.0 Å². The topological polar surface area (TPSA) is 150 Å². The van der Waals surface area contributed by atoms with E-state index in [9.17, 15) is 14.9 Å². The summed E-state index contributed by atoms with van der Waals surface area (Å²) in [5.41, 5.74) is 6.19. The number of hydrogen-bond acceptors (Lipinski definition) is 12. The van der Waals surface area contributed by atoms with Crippen molar-refractivity contribution in [2.45, 2.75) is 69.0 Å². The quantitative estimate of drug-likeness (QED) is 0.0511. The van der Waals surface area contributed by atoms with E-state index < -0.39 is 16.6 Å². The van der Waals surface area contributed by atoms with Crippen molar-refractivity contribution in [2.75, 3.05) is 64.2 Å². The lowest BCUT2D eigenvalue weighted by molar-refractivity contribution is -0.384. The van der Waals surface area contributed by atoms with E-state index in [1.807, 2.05) is 36.5 Å². The third kappa shape index (κ3) is 9.60. The Morgan fingerprint density at radius 1 is 0.985 bits per heavy atom. The summed E-state index contributed by atoms with van der Waals surface area (Å²) in [5.74, 6) is 0.974. The second-order valence-electron chi connectivity index (χ2n) is 18.2. The first kappa shape index (κ1) is 45.8. The molecule has 1 amide bonds. The van der Waals surface area contributed by atoms with Gasteiger partial charge in [0, 0.05) is 92.7 Å². The Morgan fingerprint density at radius 2 is 1.79 bits per heavy atom. The lowest BCUT2D eigenvalue weighted by atomic mass is 9.59. The van der Waals surface area contributed by atoms with E-state index >= 15 is 4.39 Å². The molecule has 14 nitrogen and oxygen atoms in total. The minimum absolute atomic E-state index is 0.0822. The molecule has 2 saturated heterocycles. The van der Waals surface area contributed by atoms with Crippen LogP contribution in [-0.4, -0.2) is 90.6 Å². The standard InChI is InChI=1S/C51H57FN8O6S/c1-32(2)39-8-6-7-9-40(39)45-31-57(30-33-22-42(52)48(65-5)47(23-33)64-4)20-21-59(45)36-27-51(28-36)15-18-58(19-16-51)35-10-12-41(46(25-35)66-37-24-34-14-17-54-49(34)55-29-37)50(61)56-67-38-11-13-43(53-3)44(26-38)60(62)63/h6-14,17,22-26,29,32,36,45,53H,15-16,18-21,27-28,30-31H2,1-5H3,(H,54,55)(H,56,61). The number of piperazine rings is 1. The molecule has 1 spiro atoms. The number of nitrogens with zero attached hydrogens (tertiary/aromatic N) is 5. The number of carbonyl (C=O) groups is 1. The van der Waals surface area contributed by atoms with Crippen molar-refractivity contribution in [1.29, 1.82) is 0 Å². The van der Waals surface area contributed by atoms with Gasteiger partial charge < -0.3 is 29.4 Å². The number of pyridine rings is 1. The number of rotatable bonds is 15. The van der Waals surface area contributed by atoms with Gasteiger partial charge in [0.1, 0.15) is 22.8 Å². The highest BCUT2D eigenvalue weighted by atomic mass is 32.2. The summed E-state index contributed by atoms with van der Waals surface area (Å²) in [6.45, 7) is 9.55. The van der Waals surface area contributed by atoms with Crippen LogP contribution in [0.1, 0.15) is 78.5 Å². The zero-order valence-corrected chi connectivity index (χ0v) is 39.3. The van der Waals surface area contributed by atoms with E-state index in [1.54, 1.807) is 44.6 Å². The number of hydrogen-bond donors (Lipinski definition) is 3. The van der Waals surface area contributed by atoms with Crippen LogP contribution in [0.4, 0.5) is 21.5 Å². The number of methoxy groups -OCH3 is 2. The van der Waals surface area contributed by atoms with Crippen LogP contribution in [0.15, 0.2) is 102 Å². The maximum absolute atomic E-state index is 15.1. The van der Waals surface area contributed by atoms with Gasteiger partial charge in [0.2, 0.25) is 0 Å². The van der Waals surface area contributed by atoms with Crippen LogP contribution in [0.3, 0.4) is 0 Å². The smallest absolute Gasteiger partial charge is 0.293 e. The number of amides is 1. The second-order valence-corrected chi connectivity index (χ2v) is 19.1. The SMILES string of the molecule is CNc1ccc(SNC(=O)c2ccc(N3CCC4(CC3)CC(N3CCN(Cc5cc(F)c(OC)c(OC)c5)CC3c3ccccc3C(C)C)C4)cc2Oc2cnc3[nH]ccc3c2)cc1[N+](=O)[O-]. The maximum Gasteiger partial charge on any atom is 0.293 e. The molecule has 2 aromatic heterocycles. The molecule has 3 N–H and O–H groups in total. The minimum Gasteiger partial charge on any atom is -0.493 e. The molecule has 16 heteroatoms. The monoisotopic (exact) mass is 928 g/mol. The van der Waals surface area contributed by atoms with E-state index in [1.165, 1.54) is 24.3 Å². The highest BCUT2D eigenvalue weighted by Crippen LogP contribution is 2.53. The third-order valence-corrected chi connectivity index (χ3v) is 14.7. The van der Waals surface area contributed by atoms with Crippen molar-refractivity contribution in [3.8, 4) is 23.0 Å². The van der Waals surface area contributed by atoms with Crippen molar-refractivity contribution < 1.29 is 28.3 Å². The maximum atomic E-state index is 15.1. The predicted octanol–water partition coefficient (Wildman–Crippen LogP) is 10.3. The molecule has 6 aromatic rings. The molecule has 1 aliphatic carbocycles. The fourth-order valence-electron chi connectivity index (χ4n) is 10.4. The van der Waals surface area contributed by atoms with Gasteiger partial charge in [-0.05, 0) is 114 Å². The van der Waals surface area contributed by atoms with Gasteiger partial charge in [-0.1, -0.05) is 38.1 Å². The fourth-order valence-corrected chi connectivity index (χ4v) is 11.0. The number of fused-ring (bicyclic) bond motifs is 1. The second kappa shape index (κ2) is 19.5. The normalized spacial score (nSPS) is 17.7. The first-order valence-corrected chi connectivity index (χ1v) is 23.7. The first-order valence-electron chi connectivity index (χ1n) is 22.9. The zero-order valence-electron chi connectivity index (χ0n) is 38.5. The van der Waals surface area contributed by atoms with Crippen molar-refractivity contribution >= 4 is 46.0 Å². The summed E-state index contributed by atoms with van der Waals surface area (Å²) in [6.07, 6.45) is 7.85. The number of carbonyl (C=O) groups excluding carboxylic acids is 1. The summed E-state index contributed by atoms with van der Waals surface area (Å²) in [6, 6.07) is 27.2. The molecule has 0 radical (unpaired) electrons. The number of piperidine rings is 1. The van der Waals surface area contributed by atoms with E-state index in [4.69, 9.17) is 14.2 Å². The fraction of sp³-hybridized carbons (Fsp3) is 0.373. The summed E-state index contributed by atoms with van der Waals surface area (Å²) < 4.78 is 35.2. The van der Waals surface area contributed by atoms with Gasteiger partial charge in [-0.3, -0.25) is 29.4 Å². The van der Waals surface area contributed by atoms with Gasteiger partial charge in [0.25, 0.3) is 11.6 Å². The Bertz CT molecular complexity index is 2770. The number of nitro groups is 1. The molecule has 1 unspecified atom stereocenters. The number of nitrogens with one attached hydrogen (secondary N) is 3. The van der Waals surface area contributed by atoms with E-state index in [2.05, 4.69) is 72.8 Å². The Kier molecular flexibility index (Phi) is 13.3. The highest BCUT2D eigenvalue weighted by molar-refractivity contribution is 7.98. The molecule has 3 aliphatic rings. The Labute approximate surface area is 394 Å². The first-order chi connectivity index (χ1) is 32.4. The number of anilines is 2. The molecule has 2 aliphatic heterocycles. The molecule has 3 fully saturated rings. The molecule has 1 saturated carbocycles. The largest absolute Gasteiger partial charge is 0.493 e. The van der Waals surface area contributed by atoms with Crippen LogP contribution in [0.5, 0.6) is 23.0 Å². The predicted molar refractivity (Wildman–Crippen MR) is 260 cm³/mol. The van der Waals surface area contributed by atoms with Gasteiger partial charge in [-0.25, -0.2) is 9.37 Å². The van der Waals surface area contributed by atoms with Crippen molar-refractivity contribution in [1.82, 2.24) is 24.5 Å². The number of H-pyrrole nitrogens is 1. The summed E-state index contributed by atoms with van der Waals surface area (Å²) in [5, 5.41) is 15.4. The van der Waals surface area contributed by atoms with Gasteiger partial charge in [-0.2, -0.15) is 0 Å². The van der Waals surface area contributed by atoms with Gasteiger partial charge >= 0.3 is 0 Å². The summed E-state index contributed by atoms with van der Waals surface area (Å²) >= 11 is 1.01. The third-order valence-electron chi connectivity index (χ3n) is 13.9. The van der Waals surface area contributed by atoms with E-state index in [-0.39, 0.29) is 22.9 Å². The van der Waals surface area contributed by atoms with Crippen LogP contribution in [-0.2, 0) is 6.54 Å². The van der Waals surface area contributed by atoms with Crippen LogP contribution in [0, 0.1) is 21.3 Å². The van der Waals surface area contributed by atoms with Crippen LogP contribution in [0.2, 0.25) is 0 Å². The molecule has 67 heavy (non-hydrogen) atoms. The van der Waals surface area contributed by atoms with Gasteiger partial charge in [0.05, 0.1) is 30.9 Å². The number of aromatic nitrogens is 2. The lowest BCUT2D eigenvalue weighted by Crippen LogP contribution is -2.60. The highest BCUT2D eigenvalue weighted by Gasteiger charge is 2.50. The van der Waals surface area contributed by atoms with Crippen LogP contribution < -0.4 is 29.1 Å². The molecule has 4 heterocycles. The molecular weight excluding hydrogens is 872 g/mol. The summed E-state index contributed by atoms with van der Waals surface area (Å²) in [7, 11) is 4.62. The molecule has 0 bridgehead atoms. The van der Waals surface area contributed by atoms with Crippen molar-refractivity contribution in [2.24, 2.45) is 5.41 Å². The molecular formula is C51H57FN8O6S. The van der Waals surface area contributed by atoms with E-state index in [0.717, 1.165) is 92.6 Å². The Balaban J connectivity index is 0.893. The van der Waals surface area contributed by atoms with E-state index in [0.29, 0.717) is 51.9 Å². The van der Waals surface area contributed by atoms with Crippen molar-refractivity contribution in [3.05, 3.63) is 136 Å².